The van der Waals surface area contributed by atoms with E-state index in [2.05, 4.69) is 30.5 Å². The Morgan fingerprint density at radius 1 is 0.597 bits per heavy atom. The standard InChI is InChI=1S/C9H11NO3.C9H11NO2.C7H13N3O5.C6H11N3O4.C6H9N3O2.C5H9NO2.C2H5NO2/c10-8(9(12)13)5-6-1-3-7(11)4-2-6;10-8(9(11)12)6-7-4-2-1-3-5-7;8-3(1-5(10)11)7(14)15-2-4(9)6(12)13;7-2-5(11)13-6(12)3(8)1-4(9)10;7-5(6(10)11)1-4-2-8-3-9-4;7-5(8)4-2-1-3-6-4;3-1-2(4)5/h1-4,8,11H,5,10H2,(H,12,13);1-5,8H,6,10H2,(H,11,12);3-4H,1-2,8-9H2,(H2,10,11)(H,12,13);3H,1-2,7-8H2,(H2,9,10);2-3,5H,1,7H2,(H,8,9)(H,10,11);4,6H,1-3H2,(H,7,8);1,3H2,(H,4,5)/t2*8-;3-,4-;3-;5-;4-;/m000000./s1. The smallest absolute Gasteiger partial charge is 0.331 e. The molecule has 0 unspecified atom stereocenters. The van der Waals surface area contributed by atoms with Gasteiger partial charge in [0.05, 0.1) is 38.0 Å². The number of hydrogen-bond donors (Lipinski definition) is 19. The predicted molar refractivity (Wildman–Crippen MR) is 267 cm³/mol. The van der Waals surface area contributed by atoms with Crippen LogP contribution in [0.4, 0.5) is 0 Å². The molecule has 7 atom stereocenters. The molecule has 33 heteroatoms. The minimum atomic E-state index is -1.31. The van der Waals surface area contributed by atoms with Gasteiger partial charge in [0.25, 0.3) is 0 Å². The van der Waals surface area contributed by atoms with Crippen molar-refractivity contribution in [3.8, 4) is 5.75 Å². The van der Waals surface area contributed by atoms with Gasteiger partial charge in [-0.2, -0.15) is 0 Å². The highest BCUT2D eigenvalue weighted by Gasteiger charge is 2.22. The Labute approximate surface area is 438 Å². The number of phenolic OH excluding ortho intramolecular Hbond substituents is 1. The zero-order valence-electron chi connectivity index (χ0n) is 41.3. The average Bonchev–Trinajstić information content (AvgIpc) is 4.11. The molecule has 0 saturated carbocycles. The van der Waals surface area contributed by atoms with Crippen molar-refractivity contribution in [3.63, 3.8) is 0 Å². The number of imidazole rings is 1. The van der Waals surface area contributed by atoms with E-state index < -0.39 is 115 Å². The largest absolute Gasteiger partial charge is 0.508 e. The minimum Gasteiger partial charge on any atom is -0.508 e. The molecular formula is C44H69N13O20. The summed E-state index contributed by atoms with van der Waals surface area (Å²) in [5.41, 5.74) is 52.8. The summed E-state index contributed by atoms with van der Waals surface area (Å²) in [6, 6.07) is 9.12. The van der Waals surface area contributed by atoms with Crippen LogP contribution in [-0.2, 0) is 81.5 Å². The topological polar surface area (TPSA) is 649 Å². The maximum Gasteiger partial charge on any atom is 0.331 e. The number of H-pyrrole nitrogens is 1. The number of hydrogen-bond acceptors (Lipinski definition) is 24. The summed E-state index contributed by atoms with van der Waals surface area (Å²) in [6.07, 6.45) is 5.10. The number of aliphatic carboxylic acids is 6. The van der Waals surface area contributed by atoms with Gasteiger partial charge >= 0.3 is 53.7 Å². The second kappa shape index (κ2) is 41.8. The summed E-state index contributed by atoms with van der Waals surface area (Å²) in [6.45, 7) is -0.341. The van der Waals surface area contributed by atoms with Gasteiger partial charge < -0.3 is 113 Å². The monoisotopic (exact) mass is 1100 g/mol. The van der Waals surface area contributed by atoms with Gasteiger partial charge in [0.2, 0.25) is 11.8 Å². The van der Waals surface area contributed by atoms with Crippen molar-refractivity contribution in [1.82, 2.24) is 15.3 Å². The second-order valence-electron chi connectivity index (χ2n) is 15.4. The lowest BCUT2D eigenvalue weighted by molar-refractivity contribution is -0.160. The number of amides is 2. The number of aromatic hydroxyl groups is 1. The quantitative estimate of drug-likeness (QED) is 0.0348. The first-order chi connectivity index (χ1) is 35.9. The Morgan fingerprint density at radius 3 is 1.39 bits per heavy atom. The number of nitrogens with one attached hydrogen (secondary N) is 2. The van der Waals surface area contributed by atoms with Crippen LogP contribution in [0, 0.1) is 0 Å². The molecule has 3 aromatic rings. The molecule has 1 fully saturated rings. The number of aromatic amines is 1. The number of rotatable bonds is 21. The summed E-state index contributed by atoms with van der Waals surface area (Å²) in [5, 5.41) is 61.6. The van der Waals surface area contributed by atoms with Gasteiger partial charge in [-0.15, -0.1) is 0 Å². The molecule has 4 rings (SSSR count). The average molecular weight is 1100 g/mol. The van der Waals surface area contributed by atoms with E-state index in [-0.39, 0.29) is 44.0 Å². The molecule has 77 heavy (non-hydrogen) atoms. The number of ether oxygens (including phenoxy) is 2. The van der Waals surface area contributed by atoms with E-state index in [9.17, 15) is 52.7 Å². The van der Waals surface area contributed by atoms with Crippen LogP contribution in [0.15, 0.2) is 67.1 Å². The van der Waals surface area contributed by atoms with Gasteiger partial charge in [-0.3, -0.25) is 47.9 Å². The maximum atomic E-state index is 11.0. The fourth-order valence-corrected chi connectivity index (χ4v) is 4.72. The molecule has 2 heterocycles. The van der Waals surface area contributed by atoms with Gasteiger partial charge in [0.15, 0.2) is 0 Å². The number of aromatic nitrogens is 2. The third-order valence-electron chi connectivity index (χ3n) is 8.71. The zero-order valence-corrected chi connectivity index (χ0v) is 41.3. The molecule has 0 radical (unpaired) electrons. The summed E-state index contributed by atoms with van der Waals surface area (Å²) in [5.74, 6) is -10.1. The van der Waals surface area contributed by atoms with E-state index in [1.165, 1.54) is 18.5 Å². The highest BCUT2D eigenvalue weighted by atomic mass is 16.6. The lowest BCUT2D eigenvalue weighted by Gasteiger charge is -2.11. The minimum absolute atomic E-state index is 0.160. The molecule has 0 aliphatic carbocycles. The predicted octanol–water partition coefficient (Wildman–Crippen LogP) is -6.43. The molecule has 29 N–H and O–H groups in total. The SMILES string of the molecule is NC(=O)C[C@H](N)C(=O)OC[C@H](N)C(=O)O.NCC(=O)O.NCC(=O)OC(=O)[C@@H](N)CC(N)=O.N[C@@H](Cc1c[nH]cn1)C(=O)O.N[C@@H](Cc1ccc(O)cc1)C(=O)O.N[C@@H](Cc1ccccc1)C(=O)O.O=C(O)[C@@H]1CCCN1. The van der Waals surface area contributed by atoms with Crippen LogP contribution >= 0.6 is 0 Å². The first-order valence-corrected chi connectivity index (χ1v) is 22.2. The number of phenols is 1. The molecule has 430 valence electrons. The fourth-order valence-electron chi connectivity index (χ4n) is 4.72. The zero-order chi connectivity index (χ0) is 59.8. The molecule has 1 saturated heterocycles. The molecule has 1 aromatic heterocycles. The maximum absolute atomic E-state index is 11.0. The number of carboxylic acid groups (broad SMARTS) is 6. The van der Waals surface area contributed by atoms with Crippen LogP contribution in [0.2, 0.25) is 0 Å². The summed E-state index contributed by atoms with van der Waals surface area (Å²) in [7, 11) is 0. The van der Waals surface area contributed by atoms with E-state index in [0.29, 0.717) is 12.1 Å². The fraction of sp³-hybridized carbons (Fsp3) is 0.409. The molecule has 2 aromatic carbocycles. The number of carbonyl (C=O) groups is 11. The number of esters is 3. The number of nitrogens with two attached hydrogens (primary N) is 10. The van der Waals surface area contributed by atoms with Gasteiger partial charge in [-0.1, -0.05) is 42.5 Å². The Hall–Kier alpha value is -8.54. The normalized spacial score (nSPS) is 14.0. The van der Waals surface area contributed by atoms with Crippen LogP contribution in [0.3, 0.4) is 0 Å². The summed E-state index contributed by atoms with van der Waals surface area (Å²) < 4.78 is 8.58. The number of nitrogens with zero attached hydrogens (tertiary/aromatic N) is 1. The van der Waals surface area contributed by atoms with Gasteiger partial charge in [0, 0.05) is 12.6 Å². The highest BCUT2D eigenvalue weighted by molar-refractivity contribution is 5.91. The van der Waals surface area contributed by atoms with Crippen LogP contribution in [0.5, 0.6) is 5.75 Å². The molecular weight excluding hydrogens is 1030 g/mol. The van der Waals surface area contributed by atoms with Crippen molar-refractivity contribution in [3.05, 3.63) is 83.9 Å². The summed E-state index contributed by atoms with van der Waals surface area (Å²) in [4.78, 5) is 120. The number of carbonyl (C=O) groups excluding carboxylic acids is 5. The third-order valence-corrected chi connectivity index (χ3v) is 8.71. The van der Waals surface area contributed by atoms with E-state index >= 15 is 0 Å². The molecule has 1 aliphatic rings. The van der Waals surface area contributed by atoms with Crippen molar-refractivity contribution in [2.45, 2.75) is 87.2 Å². The number of carboxylic acids is 6. The van der Waals surface area contributed by atoms with Crippen LogP contribution in [0.1, 0.15) is 42.5 Å². The van der Waals surface area contributed by atoms with E-state index in [0.717, 1.165) is 30.5 Å². The Kier molecular flexibility index (Phi) is 39.4. The summed E-state index contributed by atoms with van der Waals surface area (Å²) >= 11 is 0. The molecule has 1 aliphatic heterocycles. The van der Waals surface area contributed by atoms with Crippen molar-refractivity contribution < 1.29 is 98.0 Å². The number of benzene rings is 2. The van der Waals surface area contributed by atoms with Crippen LogP contribution in [-0.4, -0.2) is 180 Å². The van der Waals surface area contributed by atoms with Gasteiger partial charge in [-0.25, -0.2) is 9.78 Å². The van der Waals surface area contributed by atoms with Crippen molar-refractivity contribution in [2.24, 2.45) is 57.3 Å². The van der Waals surface area contributed by atoms with Crippen molar-refractivity contribution in [1.29, 1.82) is 0 Å². The van der Waals surface area contributed by atoms with Crippen molar-refractivity contribution >= 4 is 65.5 Å². The number of primary amides is 2. The molecule has 33 nitrogen and oxygen atoms in total. The van der Waals surface area contributed by atoms with Gasteiger partial charge in [0.1, 0.15) is 54.6 Å². The Bertz CT molecular complexity index is 2270. The Morgan fingerprint density at radius 2 is 1.04 bits per heavy atom. The highest BCUT2D eigenvalue weighted by Crippen LogP contribution is 2.11. The molecule has 0 bridgehead atoms. The Balaban J connectivity index is -0.000000843. The third kappa shape index (κ3) is 40.5. The van der Waals surface area contributed by atoms with Gasteiger partial charge in [-0.05, 0) is 55.5 Å². The van der Waals surface area contributed by atoms with E-state index in [1.54, 1.807) is 18.3 Å². The van der Waals surface area contributed by atoms with Crippen molar-refractivity contribution in [2.75, 3.05) is 26.2 Å². The van der Waals surface area contributed by atoms with E-state index in [4.69, 9.17) is 87.3 Å². The lowest BCUT2D eigenvalue weighted by atomic mass is 10.1. The second-order valence-corrected chi connectivity index (χ2v) is 15.4. The molecule has 2 amide bonds. The van der Waals surface area contributed by atoms with E-state index in [1.807, 2.05) is 30.3 Å². The first-order valence-electron chi connectivity index (χ1n) is 22.2. The molecule has 0 spiro atoms. The van der Waals surface area contributed by atoms with Crippen LogP contribution in [0.25, 0.3) is 0 Å². The van der Waals surface area contributed by atoms with Crippen LogP contribution < -0.4 is 62.7 Å². The first kappa shape index (κ1) is 72.7. The lowest BCUT2D eigenvalue weighted by Crippen LogP contribution is -2.41.